The van der Waals surface area contributed by atoms with Crippen LogP contribution in [0.2, 0.25) is 0 Å². The molecule has 1 aliphatic rings. The molecule has 1 heterocycles. The fraction of sp³-hybridized carbons (Fsp3) is 1.00. The smallest absolute Gasteiger partial charge is 0.0116 e. The molecule has 0 aromatic heterocycles. The van der Waals surface area contributed by atoms with Crippen molar-refractivity contribution in [3.8, 4) is 0 Å². The van der Waals surface area contributed by atoms with E-state index in [-0.39, 0.29) is 0 Å². The summed E-state index contributed by atoms with van der Waals surface area (Å²) in [5, 5.41) is 0. The second-order valence-electron chi connectivity index (χ2n) is 2.48. The summed E-state index contributed by atoms with van der Waals surface area (Å²) in [5.74, 6) is 0.924. The van der Waals surface area contributed by atoms with Crippen LogP contribution in [0.15, 0.2) is 0 Å². The summed E-state index contributed by atoms with van der Waals surface area (Å²) in [4.78, 5) is 0. The van der Waals surface area contributed by atoms with Gasteiger partial charge < -0.3 is 0 Å². The predicted octanol–water partition coefficient (Wildman–Crippen LogP) is 1.56. The molecule has 0 spiro atoms. The molecule has 1 saturated heterocycles. The van der Waals surface area contributed by atoms with Gasteiger partial charge in [-0.05, 0) is 12.3 Å². The molecule has 1 fully saturated rings. The van der Waals surface area contributed by atoms with Crippen LogP contribution in [-0.4, -0.2) is 17.4 Å². The Hall–Kier alpha value is 0.310. The van der Waals surface area contributed by atoms with Crippen LogP contribution in [0.4, 0.5) is 0 Å². The third-order valence-electron chi connectivity index (χ3n) is 1.84. The van der Waals surface area contributed by atoms with Gasteiger partial charge in [0.2, 0.25) is 0 Å². The molecule has 0 aromatic rings. The molecule has 0 radical (unpaired) electrons. The maximum atomic E-state index is 4.24. The monoisotopic (exact) mass is 131 g/mol. The van der Waals surface area contributed by atoms with Crippen LogP contribution in [0.25, 0.3) is 0 Å². The van der Waals surface area contributed by atoms with Crippen LogP contribution in [0.5, 0.6) is 0 Å². The van der Waals surface area contributed by atoms with E-state index in [4.69, 9.17) is 0 Å². The zero-order chi connectivity index (χ0) is 5.98. The van der Waals surface area contributed by atoms with Crippen molar-refractivity contribution in [3.05, 3.63) is 0 Å². The van der Waals surface area contributed by atoms with Gasteiger partial charge in [0, 0.05) is 13.1 Å². The van der Waals surface area contributed by atoms with Gasteiger partial charge in [0.05, 0.1) is 0 Å². The molecule has 1 unspecified atom stereocenters. The van der Waals surface area contributed by atoms with Crippen molar-refractivity contribution >= 4 is 12.8 Å². The third kappa shape index (κ3) is 1.39. The zero-order valence-corrected chi connectivity index (χ0v) is 6.19. The van der Waals surface area contributed by atoms with Gasteiger partial charge in [0.15, 0.2) is 0 Å². The molecule has 48 valence electrons. The maximum absolute atomic E-state index is 4.24. The first-order valence-corrected chi connectivity index (χ1v) is 3.66. The molecular formula is C6H13NS. The molecule has 0 bridgehead atoms. The van der Waals surface area contributed by atoms with Crippen LogP contribution in [0.1, 0.15) is 19.8 Å². The Kier molecular flexibility index (Phi) is 2.20. The number of hydrogen-bond acceptors (Lipinski definition) is 2. The minimum atomic E-state index is 0.924. The lowest BCUT2D eigenvalue weighted by Gasteiger charge is -2.04. The Morgan fingerprint density at radius 3 is 2.75 bits per heavy atom. The summed E-state index contributed by atoms with van der Waals surface area (Å²) in [6.45, 7) is 4.62. The van der Waals surface area contributed by atoms with E-state index < -0.39 is 0 Å². The van der Waals surface area contributed by atoms with Crippen LogP contribution in [0, 0.1) is 5.92 Å². The Morgan fingerprint density at radius 2 is 2.50 bits per heavy atom. The summed E-state index contributed by atoms with van der Waals surface area (Å²) in [5.41, 5.74) is 0. The molecule has 8 heavy (non-hydrogen) atoms. The van der Waals surface area contributed by atoms with E-state index in [0.717, 1.165) is 5.92 Å². The Morgan fingerprint density at radius 1 is 1.75 bits per heavy atom. The summed E-state index contributed by atoms with van der Waals surface area (Å²) in [7, 11) is 0. The minimum absolute atomic E-state index is 0.924. The highest BCUT2D eigenvalue weighted by Crippen LogP contribution is 2.19. The Balaban J connectivity index is 2.22. The lowest BCUT2D eigenvalue weighted by molar-refractivity contribution is 0.514. The van der Waals surface area contributed by atoms with Gasteiger partial charge >= 0.3 is 0 Å². The van der Waals surface area contributed by atoms with E-state index in [9.17, 15) is 0 Å². The summed E-state index contributed by atoms with van der Waals surface area (Å²) >= 11 is 4.24. The molecule has 1 rings (SSSR count). The molecular weight excluding hydrogens is 118 g/mol. The highest BCUT2D eigenvalue weighted by Gasteiger charge is 2.17. The van der Waals surface area contributed by atoms with E-state index in [2.05, 4.69) is 24.0 Å². The van der Waals surface area contributed by atoms with Crippen molar-refractivity contribution in [1.29, 1.82) is 0 Å². The standard InChI is InChI=1S/C6H13NS/c1-2-6-3-4-7(8)5-6/h6,8H,2-5H2,1H3. The van der Waals surface area contributed by atoms with E-state index in [1.807, 2.05) is 0 Å². The van der Waals surface area contributed by atoms with Gasteiger partial charge in [-0.1, -0.05) is 26.2 Å². The van der Waals surface area contributed by atoms with Gasteiger partial charge in [-0.25, -0.2) is 0 Å². The van der Waals surface area contributed by atoms with Crippen molar-refractivity contribution in [3.63, 3.8) is 0 Å². The quantitative estimate of drug-likeness (QED) is 0.529. The number of rotatable bonds is 1. The first-order valence-electron chi connectivity index (χ1n) is 3.26. The Labute approximate surface area is 56.6 Å². The molecule has 1 atom stereocenters. The fourth-order valence-electron chi connectivity index (χ4n) is 1.15. The zero-order valence-electron chi connectivity index (χ0n) is 5.30. The summed E-state index contributed by atoms with van der Waals surface area (Å²) in [6, 6.07) is 0. The highest BCUT2D eigenvalue weighted by molar-refractivity contribution is 7.77. The lowest BCUT2D eigenvalue weighted by Crippen LogP contribution is -2.06. The fourth-order valence-corrected chi connectivity index (χ4v) is 1.49. The number of hydrogen-bond donors (Lipinski definition) is 1. The number of nitrogens with zero attached hydrogens (tertiary/aromatic N) is 1. The lowest BCUT2D eigenvalue weighted by atomic mass is 10.1. The SMILES string of the molecule is CCC1CCN(S)C1. The van der Waals surface area contributed by atoms with Crippen molar-refractivity contribution in [1.82, 2.24) is 4.31 Å². The van der Waals surface area contributed by atoms with Crippen molar-refractivity contribution in [2.75, 3.05) is 13.1 Å². The highest BCUT2D eigenvalue weighted by atomic mass is 32.1. The van der Waals surface area contributed by atoms with E-state index in [1.54, 1.807) is 0 Å². The minimum Gasteiger partial charge on any atom is -0.253 e. The largest absolute Gasteiger partial charge is 0.253 e. The van der Waals surface area contributed by atoms with Crippen molar-refractivity contribution < 1.29 is 0 Å². The second-order valence-corrected chi connectivity index (χ2v) is 3.04. The van der Waals surface area contributed by atoms with Gasteiger partial charge in [0.25, 0.3) is 0 Å². The van der Waals surface area contributed by atoms with Gasteiger partial charge in [-0.3, -0.25) is 4.31 Å². The van der Waals surface area contributed by atoms with Crippen LogP contribution >= 0.6 is 12.8 Å². The van der Waals surface area contributed by atoms with E-state index >= 15 is 0 Å². The average Bonchev–Trinajstić information content (AvgIpc) is 2.14. The molecule has 0 aromatic carbocycles. The topological polar surface area (TPSA) is 3.24 Å². The molecule has 0 N–H and O–H groups in total. The molecule has 1 aliphatic heterocycles. The second kappa shape index (κ2) is 2.74. The first kappa shape index (κ1) is 6.43. The Bertz CT molecular complexity index is 74.9. The molecule has 1 nitrogen and oxygen atoms in total. The molecule has 0 amide bonds. The van der Waals surface area contributed by atoms with Crippen molar-refractivity contribution in [2.24, 2.45) is 5.92 Å². The van der Waals surface area contributed by atoms with Crippen LogP contribution < -0.4 is 0 Å². The van der Waals surface area contributed by atoms with Gasteiger partial charge in [-0.2, -0.15) is 0 Å². The third-order valence-corrected chi connectivity index (χ3v) is 2.21. The van der Waals surface area contributed by atoms with Crippen LogP contribution in [-0.2, 0) is 0 Å². The average molecular weight is 131 g/mol. The van der Waals surface area contributed by atoms with Gasteiger partial charge in [0.1, 0.15) is 0 Å². The predicted molar refractivity (Wildman–Crippen MR) is 39.0 cm³/mol. The molecule has 2 heteroatoms. The van der Waals surface area contributed by atoms with Gasteiger partial charge in [-0.15, -0.1) is 0 Å². The first-order chi connectivity index (χ1) is 3.83. The summed E-state index contributed by atoms with van der Waals surface area (Å²) in [6.07, 6.45) is 2.66. The molecule has 0 aliphatic carbocycles. The van der Waals surface area contributed by atoms with E-state index in [0.29, 0.717) is 0 Å². The van der Waals surface area contributed by atoms with E-state index in [1.165, 1.54) is 25.9 Å². The molecule has 0 saturated carbocycles. The summed E-state index contributed by atoms with van der Waals surface area (Å²) < 4.78 is 2.11. The maximum Gasteiger partial charge on any atom is 0.0116 e. The van der Waals surface area contributed by atoms with Crippen molar-refractivity contribution in [2.45, 2.75) is 19.8 Å². The number of thiol groups is 1. The normalized spacial score (nSPS) is 31.5. The van der Waals surface area contributed by atoms with Crippen LogP contribution in [0.3, 0.4) is 0 Å².